The molecule has 0 unspecified atom stereocenters. The third-order valence-corrected chi connectivity index (χ3v) is 9.26. The number of amides is 2. The predicted molar refractivity (Wildman–Crippen MR) is 155 cm³/mol. The molecule has 4 aliphatic rings. The topological polar surface area (TPSA) is 49.7 Å². The molecular formula is C35H30N2O2. The minimum atomic E-state index is -0.858. The summed E-state index contributed by atoms with van der Waals surface area (Å²) in [6, 6.07) is 28.7. The quantitative estimate of drug-likeness (QED) is 0.223. The molecule has 1 aliphatic heterocycles. The van der Waals surface area contributed by atoms with Crippen molar-refractivity contribution < 1.29 is 9.59 Å². The van der Waals surface area contributed by atoms with E-state index in [0.29, 0.717) is 5.69 Å². The van der Waals surface area contributed by atoms with Gasteiger partial charge in [-0.15, -0.1) is 0 Å². The zero-order valence-electron chi connectivity index (χ0n) is 22.6. The number of hydrogen-bond donors (Lipinski definition) is 0. The zero-order valence-corrected chi connectivity index (χ0v) is 22.6. The Bertz CT molecular complexity index is 1690. The summed E-state index contributed by atoms with van der Waals surface area (Å²) in [5, 5.41) is 0. The van der Waals surface area contributed by atoms with E-state index in [2.05, 4.69) is 44.2 Å². The number of carbonyl (C=O) groups is 2. The maximum Gasteiger partial charge on any atom is 0.239 e. The lowest BCUT2D eigenvalue weighted by molar-refractivity contribution is -0.122. The maximum absolute atomic E-state index is 14.6. The minimum absolute atomic E-state index is 0.115. The number of aryl methyl sites for hydroxylation is 3. The van der Waals surface area contributed by atoms with Gasteiger partial charge < -0.3 is 0 Å². The number of aliphatic imine (C=N–C) groups is 1. The van der Waals surface area contributed by atoms with Crippen LogP contribution in [0.3, 0.4) is 0 Å². The lowest BCUT2D eigenvalue weighted by atomic mass is 9.47. The molecule has 4 aromatic carbocycles. The Morgan fingerprint density at radius 1 is 0.744 bits per heavy atom. The van der Waals surface area contributed by atoms with Gasteiger partial charge in [0, 0.05) is 12.1 Å². The molecule has 0 N–H and O–H groups in total. The van der Waals surface area contributed by atoms with Gasteiger partial charge in [-0.2, -0.15) is 0 Å². The number of carbonyl (C=O) groups excluding carboxylic acids is 2. The number of anilines is 1. The van der Waals surface area contributed by atoms with Crippen molar-refractivity contribution in [3.05, 3.63) is 129 Å². The number of hydrogen-bond acceptors (Lipinski definition) is 3. The fraction of sp³-hybridized carbons (Fsp3) is 0.229. The van der Waals surface area contributed by atoms with Crippen LogP contribution in [0.1, 0.15) is 50.4 Å². The van der Waals surface area contributed by atoms with E-state index in [1.54, 1.807) is 0 Å². The second kappa shape index (κ2) is 8.34. The van der Waals surface area contributed by atoms with Crippen LogP contribution in [0.15, 0.2) is 89.9 Å². The minimum Gasteiger partial charge on any atom is -0.274 e. The fourth-order valence-electron chi connectivity index (χ4n) is 7.39. The molecule has 39 heavy (non-hydrogen) atoms. The number of rotatable bonds is 3. The van der Waals surface area contributed by atoms with Crippen LogP contribution in [0.5, 0.6) is 0 Å². The van der Waals surface area contributed by atoms with Crippen molar-refractivity contribution in [3.63, 3.8) is 0 Å². The molecule has 2 amide bonds. The average molecular weight is 511 g/mol. The SMILES string of the molecule is Cc1ccc(N2C(=O)[C@@H]3[C@@H](C2=O)C2c4ccccc4C3(C=Nc3cccc(C)c3C)c3ccccc32)c(C)c1. The van der Waals surface area contributed by atoms with Gasteiger partial charge in [0.05, 0.1) is 28.6 Å². The first kappa shape index (κ1) is 23.8. The molecule has 2 atom stereocenters. The Kier molecular flexibility index (Phi) is 5.09. The summed E-state index contributed by atoms with van der Waals surface area (Å²) in [6.45, 7) is 8.16. The Hall–Kier alpha value is -4.31. The monoisotopic (exact) mass is 510 g/mol. The van der Waals surface area contributed by atoms with E-state index in [4.69, 9.17) is 4.99 Å². The normalized spacial score (nSPS) is 24.7. The maximum atomic E-state index is 14.6. The molecule has 0 radical (unpaired) electrons. The van der Waals surface area contributed by atoms with Crippen LogP contribution in [0.4, 0.5) is 11.4 Å². The summed E-state index contributed by atoms with van der Waals surface area (Å²) in [4.78, 5) is 35.5. The fourth-order valence-corrected chi connectivity index (χ4v) is 7.39. The van der Waals surface area contributed by atoms with E-state index < -0.39 is 17.3 Å². The summed E-state index contributed by atoms with van der Waals surface area (Å²) in [5.41, 5.74) is 9.40. The van der Waals surface area contributed by atoms with Gasteiger partial charge in [0.2, 0.25) is 11.8 Å². The summed E-state index contributed by atoms with van der Waals surface area (Å²) >= 11 is 0. The summed E-state index contributed by atoms with van der Waals surface area (Å²) in [5.74, 6) is -1.50. The second-order valence-corrected chi connectivity index (χ2v) is 11.3. The molecular weight excluding hydrogens is 480 g/mol. The van der Waals surface area contributed by atoms with Crippen molar-refractivity contribution in [1.82, 2.24) is 0 Å². The van der Waals surface area contributed by atoms with Crippen LogP contribution in [0.25, 0.3) is 0 Å². The van der Waals surface area contributed by atoms with Crippen LogP contribution in [0.2, 0.25) is 0 Å². The highest BCUT2D eigenvalue weighted by Gasteiger charge is 2.68. The standard InChI is InChI=1S/C35H30N2O2/c1-20-16-17-29(22(3)18-20)37-33(38)31-30-24-11-5-7-13-26(24)35(32(31)34(37)39,27-14-8-6-12-25(27)30)19-36-28-15-9-10-21(2)23(28)4/h5-19,30-32H,1-4H3/t30?,31-,32-,35?/m0/s1. The molecule has 1 heterocycles. The molecule has 8 rings (SSSR count). The first-order valence-electron chi connectivity index (χ1n) is 13.6. The smallest absolute Gasteiger partial charge is 0.239 e. The average Bonchev–Trinajstić information content (AvgIpc) is 3.20. The predicted octanol–water partition coefficient (Wildman–Crippen LogP) is 6.87. The van der Waals surface area contributed by atoms with E-state index in [0.717, 1.165) is 44.6 Å². The van der Waals surface area contributed by atoms with Gasteiger partial charge in [0.25, 0.3) is 0 Å². The molecule has 0 aromatic heterocycles. The number of imide groups is 1. The van der Waals surface area contributed by atoms with Crippen molar-refractivity contribution in [2.45, 2.75) is 39.0 Å². The van der Waals surface area contributed by atoms with Crippen molar-refractivity contribution in [2.75, 3.05) is 4.90 Å². The molecule has 4 aromatic rings. The molecule has 1 saturated heterocycles. The Morgan fingerprint density at radius 3 is 2.08 bits per heavy atom. The van der Waals surface area contributed by atoms with E-state index >= 15 is 0 Å². The molecule has 3 aliphatic carbocycles. The first-order chi connectivity index (χ1) is 18.8. The van der Waals surface area contributed by atoms with E-state index in [9.17, 15) is 9.59 Å². The number of benzene rings is 4. The highest BCUT2D eigenvalue weighted by atomic mass is 16.2. The van der Waals surface area contributed by atoms with Crippen LogP contribution >= 0.6 is 0 Å². The van der Waals surface area contributed by atoms with Crippen LogP contribution < -0.4 is 4.90 Å². The number of nitrogens with zero attached hydrogens (tertiary/aromatic N) is 2. The van der Waals surface area contributed by atoms with E-state index in [1.807, 2.05) is 74.7 Å². The summed E-state index contributed by atoms with van der Waals surface area (Å²) in [7, 11) is 0. The largest absolute Gasteiger partial charge is 0.274 e. The first-order valence-corrected chi connectivity index (χ1v) is 13.6. The van der Waals surface area contributed by atoms with Crippen LogP contribution in [-0.2, 0) is 15.0 Å². The Balaban J connectivity index is 1.51. The van der Waals surface area contributed by atoms with E-state index in [1.165, 1.54) is 10.5 Å². The third kappa shape index (κ3) is 3.09. The van der Waals surface area contributed by atoms with Crippen molar-refractivity contribution >= 4 is 29.4 Å². The lowest BCUT2D eigenvalue weighted by Gasteiger charge is -2.52. The molecule has 0 saturated carbocycles. The Morgan fingerprint density at radius 2 is 1.41 bits per heavy atom. The van der Waals surface area contributed by atoms with Gasteiger partial charge in [-0.1, -0.05) is 78.4 Å². The molecule has 4 nitrogen and oxygen atoms in total. The highest BCUT2D eigenvalue weighted by molar-refractivity contribution is 6.25. The molecule has 1 fully saturated rings. The molecule has 0 spiro atoms. The van der Waals surface area contributed by atoms with Crippen molar-refractivity contribution in [3.8, 4) is 0 Å². The second-order valence-electron chi connectivity index (χ2n) is 11.3. The van der Waals surface area contributed by atoms with Crippen LogP contribution in [-0.4, -0.2) is 18.0 Å². The Labute approximate surface area is 229 Å². The van der Waals surface area contributed by atoms with E-state index in [-0.39, 0.29) is 17.7 Å². The van der Waals surface area contributed by atoms with Gasteiger partial charge in [0.15, 0.2) is 0 Å². The highest BCUT2D eigenvalue weighted by Crippen LogP contribution is 2.63. The van der Waals surface area contributed by atoms with Gasteiger partial charge in [-0.3, -0.25) is 14.6 Å². The van der Waals surface area contributed by atoms with Gasteiger partial charge in [0.1, 0.15) is 0 Å². The summed E-state index contributed by atoms with van der Waals surface area (Å²) < 4.78 is 0. The van der Waals surface area contributed by atoms with Gasteiger partial charge in [-0.05, 0) is 78.8 Å². The van der Waals surface area contributed by atoms with Crippen LogP contribution in [0, 0.1) is 39.5 Å². The summed E-state index contributed by atoms with van der Waals surface area (Å²) in [6.07, 6.45) is 1.98. The van der Waals surface area contributed by atoms with Crippen molar-refractivity contribution in [1.29, 1.82) is 0 Å². The van der Waals surface area contributed by atoms with Gasteiger partial charge in [-0.25, -0.2) is 4.90 Å². The lowest BCUT2D eigenvalue weighted by Crippen LogP contribution is -2.54. The zero-order chi connectivity index (χ0) is 27.1. The third-order valence-electron chi connectivity index (χ3n) is 9.26. The van der Waals surface area contributed by atoms with Gasteiger partial charge >= 0.3 is 0 Å². The molecule has 2 bridgehead atoms. The van der Waals surface area contributed by atoms with Crippen molar-refractivity contribution in [2.24, 2.45) is 16.8 Å². The molecule has 4 heteroatoms. The molecule has 192 valence electrons.